The topological polar surface area (TPSA) is 219 Å². The number of hydrogen-bond donors (Lipinski definition) is 4. The summed E-state index contributed by atoms with van der Waals surface area (Å²) in [6.45, 7) is 3.33. The van der Waals surface area contributed by atoms with Crippen LogP contribution in [0.3, 0.4) is 0 Å². The third kappa shape index (κ3) is 8.29. The van der Waals surface area contributed by atoms with Gasteiger partial charge in [0.05, 0.1) is 48.4 Å². The first-order valence-corrected chi connectivity index (χ1v) is 19.1. The summed E-state index contributed by atoms with van der Waals surface area (Å²) >= 11 is 0. The number of fused-ring (bicyclic) bond motifs is 2. The van der Waals surface area contributed by atoms with Crippen LogP contribution in [0.1, 0.15) is 70.1 Å². The van der Waals surface area contributed by atoms with Gasteiger partial charge in [-0.3, -0.25) is 39.3 Å². The van der Waals surface area contributed by atoms with Crippen molar-refractivity contribution in [3.63, 3.8) is 0 Å². The van der Waals surface area contributed by atoms with E-state index in [0.29, 0.717) is 54.3 Å². The number of amides is 5. The highest BCUT2D eigenvalue weighted by Gasteiger charge is 2.44. The maximum absolute atomic E-state index is 14.4. The molecular formula is C39H39F2N11O7. The summed E-state index contributed by atoms with van der Waals surface area (Å²) in [4.78, 5) is 74.9. The Kier molecular flexibility index (Phi) is 11.0. The van der Waals surface area contributed by atoms with E-state index in [1.165, 1.54) is 24.3 Å². The fourth-order valence-corrected chi connectivity index (χ4v) is 7.35. The summed E-state index contributed by atoms with van der Waals surface area (Å²) in [6.07, 6.45) is 3.17. The zero-order valence-corrected chi connectivity index (χ0v) is 31.8. The van der Waals surface area contributed by atoms with Gasteiger partial charge in [0.25, 0.3) is 11.8 Å². The summed E-state index contributed by atoms with van der Waals surface area (Å²) in [5.74, 6) is -2.26. The van der Waals surface area contributed by atoms with Crippen molar-refractivity contribution >= 4 is 58.2 Å². The number of carbonyl (C=O) groups is 5. The second kappa shape index (κ2) is 16.6. The Morgan fingerprint density at radius 1 is 0.949 bits per heavy atom. The smallest absolute Gasteiger partial charge is 0.262 e. The lowest BCUT2D eigenvalue weighted by molar-refractivity contribution is -0.136. The van der Waals surface area contributed by atoms with Crippen LogP contribution < -0.4 is 20.7 Å². The van der Waals surface area contributed by atoms with Gasteiger partial charge in [-0.05, 0) is 50.5 Å². The molecule has 3 aromatic heterocycles. The minimum absolute atomic E-state index is 0.0125. The molecule has 0 radical (unpaired) electrons. The van der Waals surface area contributed by atoms with E-state index >= 15 is 0 Å². The van der Waals surface area contributed by atoms with E-state index in [9.17, 15) is 32.8 Å². The summed E-state index contributed by atoms with van der Waals surface area (Å²) in [5.41, 5.74) is 1.89. The zero-order chi connectivity index (χ0) is 41.2. The summed E-state index contributed by atoms with van der Waals surface area (Å²) < 4.78 is 41.1. The molecule has 306 valence electrons. The molecule has 0 saturated carbocycles. The van der Waals surface area contributed by atoms with Crippen LogP contribution in [0.5, 0.6) is 5.75 Å². The second-order valence-corrected chi connectivity index (χ2v) is 14.4. The molecule has 0 bridgehead atoms. The van der Waals surface area contributed by atoms with Crippen molar-refractivity contribution in [2.45, 2.75) is 57.7 Å². The number of halogens is 2. The zero-order valence-electron chi connectivity index (χ0n) is 31.8. The molecule has 5 amide bonds. The molecule has 0 spiro atoms. The first-order valence-electron chi connectivity index (χ1n) is 19.1. The van der Waals surface area contributed by atoms with E-state index in [-0.39, 0.29) is 80.2 Å². The Morgan fingerprint density at radius 3 is 2.53 bits per heavy atom. The molecule has 59 heavy (non-hydrogen) atoms. The van der Waals surface area contributed by atoms with E-state index in [1.54, 1.807) is 17.2 Å². The van der Waals surface area contributed by atoms with Gasteiger partial charge < -0.3 is 25.0 Å². The average Bonchev–Trinajstić information content (AvgIpc) is 3.91. The van der Waals surface area contributed by atoms with Crippen LogP contribution in [0.25, 0.3) is 11.0 Å². The molecule has 8 rings (SSSR count). The van der Waals surface area contributed by atoms with Gasteiger partial charge in [-0.25, -0.2) is 13.5 Å². The second-order valence-electron chi connectivity index (χ2n) is 14.4. The van der Waals surface area contributed by atoms with Crippen LogP contribution in [0.2, 0.25) is 0 Å². The van der Waals surface area contributed by atoms with Crippen LogP contribution in [0, 0.1) is 18.6 Å². The van der Waals surface area contributed by atoms with Crippen molar-refractivity contribution in [2.75, 3.05) is 43.5 Å². The van der Waals surface area contributed by atoms with Crippen molar-refractivity contribution in [1.29, 1.82) is 0 Å². The number of piperidine rings is 2. The molecule has 18 nitrogen and oxygen atoms in total. The average molecular weight is 812 g/mol. The van der Waals surface area contributed by atoms with Crippen LogP contribution in [0.15, 0.2) is 48.7 Å². The molecule has 0 aliphatic carbocycles. The Labute approximate surface area is 334 Å². The monoisotopic (exact) mass is 811 g/mol. The van der Waals surface area contributed by atoms with Crippen molar-refractivity contribution in [3.05, 3.63) is 82.7 Å². The number of H-pyrrole nitrogens is 1. The molecular weight excluding hydrogens is 772 g/mol. The Hall–Kier alpha value is -6.83. The lowest BCUT2D eigenvalue weighted by Gasteiger charge is -2.32. The normalized spacial score (nSPS) is 17.1. The molecule has 1 unspecified atom stereocenters. The largest absolute Gasteiger partial charge is 0.491 e. The molecule has 4 N–H and O–H groups in total. The lowest BCUT2D eigenvalue weighted by atomic mass is 10.0. The molecule has 20 heteroatoms. The number of carbonyl (C=O) groups excluding carboxylic acids is 5. The van der Waals surface area contributed by atoms with Crippen molar-refractivity contribution in [1.82, 2.24) is 45.1 Å². The lowest BCUT2D eigenvalue weighted by Crippen LogP contribution is -2.54. The number of benzene rings is 2. The number of nitrogens with one attached hydrogen (secondary N) is 4. The minimum atomic E-state index is -1.05. The molecule has 2 fully saturated rings. The first kappa shape index (κ1) is 39.0. The SMILES string of the molecule is Cc1cc(Nc2nc(NCc3ccc(F)cc3F)nc3c2cnn3C2CCN(C(=O)CCOCCOc3ccc4c(c3)C(=O)N(C3CCC(=O)NC3=O)C4=O)CC2)n[nH]1. The van der Waals surface area contributed by atoms with Crippen molar-refractivity contribution in [2.24, 2.45) is 0 Å². The summed E-state index contributed by atoms with van der Waals surface area (Å²) in [7, 11) is 0. The predicted molar refractivity (Wildman–Crippen MR) is 205 cm³/mol. The first-order chi connectivity index (χ1) is 28.5. The molecule has 5 aromatic rings. The van der Waals surface area contributed by atoms with Gasteiger partial charge >= 0.3 is 0 Å². The van der Waals surface area contributed by atoms with Gasteiger partial charge in [0, 0.05) is 49.4 Å². The van der Waals surface area contributed by atoms with Gasteiger partial charge in [0.1, 0.15) is 35.9 Å². The number of imide groups is 2. The van der Waals surface area contributed by atoms with Crippen molar-refractivity contribution < 1.29 is 42.2 Å². The van der Waals surface area contributed by atoms with Gasteiger partial charge in [-0.2, -0.15) is 20.2 Å². The highest BCUT2D eigenvalue weighted by Crippen LogP contribution is 2.32. The van der Waals surface area contributed by atoms with Gasteiger partial charge in [-0.1, -0.05) is 6.07 Å². The number of anilines is 3. The number of likely N-dealkylation sites (tertiary alicyclic amines) is 1. The third-order valence-electron chi connectivity index (χ3n) is 10.4. The van der Waals surface area contributed by atoms with Crippen molar-refractivity contribution in [3.8, 4) is 5.75 Å². The summed E-state index contributed by atoms with van der Waals surface area (Å²) in [5, 5.41) is 20.8. The Balaban J connectivity index is 0.819. The van der Waals surface area contributed by atoms with Gasteiger partial charge in [0.15, 0.2) is 11.5 Å². The minimum Gasteiger partial charge on any atom is -0.491 e. The number of hydrogen-bond acceptors (Lipinski definition) is 13. The van der Waals surface area contributed by atoms with E-state index in [4.69, 9.17) is 14.5 Å². The van der Waals surface area contributed by atoms with E-state index in [2.05, 4.69) is 36.2 Å². The molecule has 3 aliphatic rings. The maximum Gasteiger partial charge on any atom is 0.262 e. The highest BCUT2D eigenvalue weighted by atomic mass is 19.1. The number of aryl methyl sites for hydroxylation is 1. The van der Waals surface area contributed by atoms with Crippen LogP contribution in [-0.2, 0) is 25.7 Å². The molecule has 1 atom stereocenters. The predicted octanol–water partition coefficient (Wildman–Crippen LogP) is 3.54. The fourth-order valence-electron chi connectivity index (χ4n) is 7.35. The van der Waals surface area contributed by atoms with Crippen LogP contribution >= 0.6 is 0 Å². The number of ether oxygens (including phenoxy) is 2. The molecule has 2 aromatic carbocycles. The number of nitrogens with zero attached hydrogens (tertiary/aromatic N) is 7. The van der Waals surface area contributed by atoms with Gasteiger partial charge in [-0.15, -0.1) is 0 Å². The molecule has 3 aliphatic heterocycles. The number of aromatic nitrogens is 6. The quantitative estimate of drug-likeness (QED) is 0.0933. The fraction of sp³-hybridized carbons (Fsp3) is 0.359. The van der Waals surface area contributed by atoms with E-state index in [0.717, 1.165) is 16.7 Å². The Bertz CT molecular complexity index is 2460. The standard InChI is InChI=1S/C39H39F2N11O7/c1-21-16-31(49-48-21)44-34-28-20-43-52(35(28)47-39(46-34)42-19-22-2-3-23(40)17-29(22)41)24-8-11-50(12-9-24)33(54)10-13-58-14-15-59-25-4-5-26-27(18-25)38(57)51(37(26)56)30-6-7-32(53)45-36(30)55/h2-5,16-18,20,24,30H,6-15,19H2,1H3,(H,45,53,55)(H3,42,44,46,47,48,49). The Morgan fingerprint density at radius 2 is 1.76 bits per heavy atom. The molecule has 6 heterocycles. The molecule has 2 saturated heterocycles. The third-order valence-corrected chi connectivity index (χ3v) is 10.4. The summed E-state index contributed by atoms with van der Waals surface area (Å²) in [6, 6.07) is 8.52. The number of rotatable bonds is 14. The van der Waals surface area contributed by atoms with Gasteiger partial charge in [0.2, 0.25) is 23.7 Å². The number of aromatic amines is 1. The maximum atomic E-state index is 14.4. The van der Waals surface area contributed by atoms with Crippen LogP contribution in [-0.4, -0.2) is 108 Å². The van der Waals surface area contributed by atoms with E-state index < -0.39 is 41.3 Å². The van der Waals surface area contributed by atoms with Crippen LogP contribution in [0.4, 0.5) is 26.4 Å². The van der Waals surface area contributed by atoms with E-state index in [1.807, 2.05) is 17.7 Å². The highest BCUT2D eigenvalue weighted by molar-refractivity contribution is 6.23.